The molecule has 0 saturated carbocycles. The third-order valence-electron chi connectivity index (χ3n) is 3.65. The van der Waals surface area contributed by atoms with Crippen molar-refractivity contribution in [3.05, 3.63) is 33.3 Å². The number of hydrogen-bond acceptors (Lipinski definition) is 2. The smallest absolute Gasteiger partial charge is 0.255 e. The van der Waals surface area contributed by atoms with Gasteiger partial charge in [-0.3, -0.25) is 4.79 Å². The minimum absolute atomic E-state index is 0.00264. The molecule has 2 unspecified atom stereocenters. The Hall–Kier alpha value is -0.580. The molecule has 0 spiro atoms. The fourth-order valence-corrected chi connectivity index (χ4v) is 3.21. The van der Waals surface area contributed by atoms with Gasteiger partial charge in [-0.05, 0) is 43.9 Å². The van der Waals surface area contributed by atoms with E-state index in [1.54, 1.807) is 12.1 Å². The molecular weight excluding hydrogens is 328 g/mol. The van der Waals surface area contributed by atoms with Crippen molar-refractivity contribution in [1.82, 2.24) is 4.90 Å². The van der Waals surface area contributed by atoms with Crippen LogP contribution in [-0.4, -0.2) is 29.9 Å². The maximum Gasteiger partial charge on any atom is 0.255 e. The van der Waals surface area contributed by atoms with Crippen molar-refractivity contribution in [2.45, 2.75) is 25.8 Å². The largest absolute Gasteiger partial charge is 0.338 e. The first-order chi connectivity index (χ1) is 8.99. The van der Waals surface area contributed by atoms with Crippen molar-refractivity contribution < 1.29 is 4.79 Å². The van der Waals surface area contributed by atoms with Crippen LogP contribution in [-0.2, 0) is 0 Å². The second-order valence-electron chi connectivity index (χ2n) is 5.14. The lowest BCUT2D eigenvalue weighted by atomic mass is 9.92. The standard InChI is InChI=1S/C14H18BrClN2O/c1-9(17)10-3-2-6-18(8-10)14(19)12-5-4-11(15)7-13(12)16/h4-5,7,9-10H,2-3,6,8,17H2,1H3. The average Bonchev–Trinajstić information content (AvgIpc) is 2.38. The molecule has 19 heavy (non-hydrogen) atoms. The van der Waals surface area contributed by atoms with Gasteiger partial charge in [-0.2, -0.15) is 0 Å². The Morgan fingerprint density at radius 2 is 2.32 bits per heavy atom. The molecule has 2 N–H and O–H groups in total. The highest BCUT2D eigenvalue weighted by atomic mass is 79.9. The van der Waals surface area contributed by atoms with Crippen molar-refractivity contribution in [1.29, 1.82) is 0 Å². The predicted molar refractivity (Wildman–Crippen MR) is 81.4 cm³/mol. The predicted octanol–water partition coefficient (Wildman–Crippen LogP) is 3.30. The molecule has 1 amide bonds. The number of likely N-dealkylation sites (tertiary alicyclic amines) is 1. The monoisotopic (exact) mass is 344 g/mol. The number of carbonyl (C=O) groups is 1. The molecule has 0 radical (unpaired) electrons. The molecule has 5 heteroatoms. The second-order valence-corrected chi connectivity index (χ2v) is 6.46. The lowest BCUT2D eigenvalue weighted by Crippen LogP contribution is -2.45. The highest BCUT2D eigenvalue weighted by Gasteiger charge is 2.27. The topological polar surface area (TPSA) is 46.3 Å². The molecule has 1 heterocycles. The van der Waals surface area contributed by atoms with E-state index in [2.05, 4.69) is 15.9 Å². The number of amides is 1. The lowest BCUT2D eigenvalue weighted by molar-refractivity contribution is 0.0661. The number of carbonyl (C=O) groups excluding carboxylic acids is 1. The van der Waals surface area contributed by atoms with Crippen molar-refractivity contribution in [3.8, 4) is 0 Å². The molecule has 0 bridgehead atoms. The maximum atomic E-state index is 12.5. The SMILES string of the molecule is CC(N)C1CCCN(C(=O)c2ccc(Br)cc2Cl)C1. The molecule has 2 rings (SSSR count). The van der Waals surface area contributed by atoms with E-state index in [-0.39, 0.29) is 11.9 Å². The third kappa shape index (κ3) is 3.50. The summed E-state index contributed by atoms with van der Waals surface area (Å²) in [6.45, 7) is 3.52. The summed E-state index contributed by atoms with van der Waals surface area (Å²) in [7, 11) is 0. The van der Waals surface area contributed by atoms with Crippen LogP contribution in [0.5, 0.6) is 0 Å². The summed E-state index contributed by atoms with van der Waals surface area (Å²) >= 11 is 9.48. The molecule has 1 saturated heterocycles. The highest BCUT2D eigenvalue weighted by Crippen LogP contribution is 2.25. The van der Waals surface area contributed by atoms with Crippen LogP contribution in [0.15, 0.2) is 22.7 Å². The second kappa shape index (κ2) is 6.25. The van der Waals surface area contributed by atoms with Crippen LogP contribution in [0.25, 0.3) is 0 Å². The summed E-state index contributed by atoms with van der Waals surface area (Å²) in [5.74, 6) is 0.384. The van der Waals surface area contributed by atoms with Crippen LogP contribution in [0, 0.1) is 5.92 Å². The van der Waals surface area contributed by atoms with Gasteiger partial charge >= 0.3 is 0 Å². The van der Waals surface area contributed by atoms with Crippen LogP contribution in [0.4, 0.5) is 0 Å². The first-order valence-electron chi connectivity index (χ1n) is 6.49. The highest BCUT2D eigenvalue weighted by molar-refractivity contribution is 9.10. The van der Waals surface area contributed by atoms with Gasteiger partial charge in [-0.25, -0.2) is 0 Å². The fraction of sp³-hybridized carbons (Fsp3) is 0.500. The third-order valence-corrected chi connectivity index (χ3v) is 4.46. The minimum Gasteiger partial charge on any atom is -0.338 e. The average molecular weight is 346 g/mol. The quantitative estimate of drug-likeness (QED) is 0.894. The Bertz CT molecular complexity index is 479. The first kappa shape index (κ1) is 14.8. The molecule has 0 aromatic heterocycles. The number of rotatable bonds is 2. The van der Waals surface area contributed by atoms with Gasteiger partial charge in [0.1, 0.15) is 0 Å². The summed E-state index contributed by atoms with van der Waals surface area (Å²) in [5.41, 5.74) is 6.51. The summed E-state index contributed by atoms with van der Waals surface area (Å²) in [4.78, 5) is 14.4. The Kier molecular flexibility index (Phi) is 4.87. The van der Waals surface area contributed by atoms with E-state index in [0.29, 0.717) is 16.5 Å². The molecule has 3 nitrogen and oxygen atoms in total. The van der Waals surface area contributed by atoms with Crippen LogP contribution in [0.1, 0.15) is 30.1 Å². The molecule has 0 aliphatic carbocycles. The van der Waals surface area contributed by atoms with Gasteiger partial charge in [0.25, 0.3) is 5.91 Å². The van der Waals surface area contributed by atoms with E-state index >= 15 is 0 Å². The van der Waals surface area contributed by atoms with E-state index < -0.39 is 0 Å². The number of hydrogen-bond donors (Lipinski definition) is 1. The number of nitrogens with zero attached hydrogens (tertiary/aromatic N) is 1. The number of nitrogens with two attached hydrogens (primary N) is 1. The van der Waals surface area contributed by atoms with Crippen LogP contribution < -0.4 is 5.73 Å². The van der Waals surface area contributed by atoms with Crippen molar-refractivity contribution in [2.75, 3.05) is 13.1 Å². The number of halogens is 2. The first-order valence-corrected chi connectivity index (χ1v) is 7.66. The summed E-state index contributed by atoms with van der Waals surface area (Å²) in [6.07, 6.45) is 2.10. The van der Waals surface area contributed by atoms with Gasteiger partial charge in [0.05, 0.1) is 10.6 Å². The Balaban J connectivity index is 2.15. The summed E-state index contributed by atoms with van der Waals surface area (Å²) in [5, 5.41) is 0.488. The fourth-order valence-electron chi connectivity index (χ4n) is 2.46. The van der Waals surface area contributed by atoms with E-state index in [1.807, 2.05) is 17.9 Å². The lowest BCUT2D eigenvalue weighted by Gasteiger charge is -2.34. The number of benzene rings is 1. The molecule has 104 valence electrons. The zero-order valence-corrected chi connectivity index (χ0v) is 13.2. The van der Waals surface area contributed by atoms with Gasteiger partial charge in [-0.15, -0.1) is 0 Å². The zero-order valence-electron chi connectivity index (χ0n) is 10.9. The summed E-state index contributed by atoms with van der Waals surface area (Å²) in [6, 6.07) is 5.48. The molecule has 1 fully saturated rings. The maximum absolute atomic E-state index is 12.5. The molecule has 1 aromatic carbocycles. The normalized spacial score (nSPS) is 21.3. The molecule has 1 aliphatic rings. The van der Waals surface area contributed by atoms with Gasteiger partial charge in [0.15, 0.2) is 0 Å². The Labute approximate surface area is 127 Å². The molecule has 2 atom stereocenters. The Morgan fingerprint density at radius 3 is 2.95 bits per heavy atom. The van der Waals surface area contributed by atoms with Crippen LogP contribution >= 0.6 is 27.5 Å². The van der Waals surface area contributed by atoms with Gasteiger partial charge in [0.2, 0.25) is 0 Å². The minimum atomic E-state index is 0.00264. The Morgan fingerprint density at radius 1 is 1.58 bits per heavy atom. The van der Waals surface area contributed by atoms with Gasteiger partial charge < -0.3 is 10.6 Å². The van der Waals surface area contributed by atoms with E-state index in [4.69, 9.17) is 17.3 Å². The van der Waals surface area contributed by atoms with E-state index in [1.165, 1.54) is 0 Å². The molecular formula is C14H18BrClN2O. The van der Waals surface area contributed by atoms with E-state index in [9.17, 15) is 4.79 Å². The van der Waals surface area contributed by atoms with Crippen molar-refractivity contribution in [3.63, 3.8) is 0 Å². The van der Waals surface area contributed by atoms with Crippen molar-refractivity contribution >= 4 is 33.4 Å². The summed E-state index contributed by atoms with van der Waals surface area (Å²) < 4.78 is 0.876. The van der Waals surface area contributed by atoms with Crippen molar-refractivity contribution in [2.24, 2.45) is 11.7 Å². The van der Waals surface area contributed by atoms with Crippen LogP contribution in [0.2, 0.25) is 5.02 Å². The number of piperidine rings is 1. The van der Waals surface area contributed by atoms with Crippen LogP contribution in [0.3, 0.4) is 0 Å². The molecule has 1 aromatic rings. The molecule has 1 aliphatic heterocycles. The van der Waals surface area contributed by atoms with Gasteiger partial charge in [0, 0.05) is 23.6 Å². The van der Waals surface area contributed by atoms with E-state index in [0.717, 1.165) is 30.4 Å². The van der Waals surface area contributed by atoms with Gasteiger partial charge in [-0.1, -0.05) is 27.5 Å². The zero-order chi connectivity index (χ0) is 14.0.